The Morgan fingerprint density at radius 2 is 1.40 bits per heavy atom. The number of hydrogen-bond donors (Lipinski definition) is 0. The summed E-state index contributed by atoms with van der Waals surface area (Å²) in [5, 5.41) is 0. The topological polar surface area (TPSA) is 26.3 Å². The van der Waals surface area contributed by atoms with Gasteiger partial charge in [0, 0.05) is 6.08 Å². The first-order valence-electron chi connectivity index (χ1n) is 6.25. The van der Waals surface area contributed by atoms with E-state index in [2.05, 4.69) is 59.8 Å². The molecule has 0 heterocycles. The Kier molecular flexibility index (Phi) is 7.21. The first kappa shape index (κ1) is 15.4. The van der Waals surface area contributed by atoms with Crippen molar-refractivity contribution in [1.29, 1.82) is 0 Å². The van der Waals surface area contributed by atoms with Crippen molar-refractivity contribution >= 4 is 5.97 Å². The van der Waals surface area contributed by atoms with Crippen LogP contribution in [0.1, 0.15) is 0 Å². The molecule has 102 valence electrons. The van der Waals surface area contributed by atoms with E-state index in [1.807, 2.05) is 12.1 Å². The largest absolute Gasteiger partial charge is 0.466 e. The molecule has 0 bridgehead atoms. The Labute approximate surface area is 120 Å². The van der Waals surface area contributed by atoms with Crippen molar-refractivity contribution in [3.63, 3.8) is 0 Å². The molecule has 20 heavy (non-hydrogen) atoms. The molecule has 2 aromatic carbocycles. The molecule has 0 radical (unpaired) electrons. The normalized spacial score (nSPS) is 9.45. The number of ether oxygens (including phenoxy) is 1. The third-order valence-corrected chi connectivity index (χ3v) is 2.45. The SMILES string of the molecule is C=CC=CC(=O)OC.c1ccc(-c2ccccc2)cc1. The number of carbonyl (C=O) groups excluding carboxylic acids is 1. The predicted octanol–water partition coefficient (Wildman–Crippen LogP) is 4.26. The van der Waals surface area contributed by atoms with E-state index in [0.717, 1.165) is 0 Å². The van der Waals surface area contributed by atoms with Crippen molar-refractivity contribution in [2.24, 2.45) is 0 Å². The van der Waals surface area contributed by atoms with Crippen LogP contribution in [0, 0.1) is 0 Å². The molecule has 2 rings (SSSR count). The molecule has 0 saturated carbocycles. The second-order valence-corrected chi connectivity index (χ2v) is 3.85. The smallest absolute Gasteiger partial charge is 0.330 e. The van der Waals surface area contributed by atoms with Crippen molar-refractivity contribution in [2.75, 3.05) is 7.11 Å². The molecule has 2 aromatic rings. The third kappa shape index (κ3) is 5.83. The van der Waals surface area contributed by atoms with Crippen LogP contribution in [0.4, 0.5) is 0 Å². The first-order chi connectivity index (χ1) is 9.77. The summed E-state index contributed by atoms with van der Waals surface area (Å²) in [4.78, 5) is 10.2. The number of methoxy groups -OCH3 is 1. The fourth-order valence-electron chi connectivity index (χ4n) is 1.48. The average Bonchev–Trinajstić information content (AvgIpc) is 2.55. The van der Waals surface area contributed by atoms with Crippen LogP contribution in [0.2, 0.25) is 0 Å². The number of benzene rings is 2. The van der Waals surface area contributed by atoms with E-state index in [1.54, 1.807) is 0 Å². The number of carbonyl (C=O) groups is 1. The zero-order valence-electron chi connectivity index (χ0n) is 11.5. The van der Waals surface area contributed by atoms with Crippen LogP contribution in [-0.2, 0) is 9.53 Å². The molecule has 0 N–H and O–H groups in total. The molecular weight excluding hydrogens is 248 g/mol. The maximum Gasteiger partial charge on any atom is 0.330 e. The number of esters is 1. The molecule has 0 amide bonds. The molecular formula is C18H18O2. The molecule has 2 heteroatoms. The number of allylic oxidation sites excluding steroid dienone is 2. The molecule has 2 nitrogen and oxygen atoms in total. The van der Waals surface area contributed by atoms with Crippen LogP contribution in [0.15, 0.2) is 85.5 Å². The summed E-state index contributed by atoms with van der Waals surface area (Å²) >= 11 is 0. The van der Waals surface area contributed by atoms with Crippen molar-refractivity contribution in [3.05, 3.63) is 85.5 Å². The van der Waals surface area contributed by atoms with Crippen LogP contribution >= 0.6 is 0 Å². The molecule has 0 atom stereocenters. The van der Waals surface area contributed by atoms with E-state index in [1.165, 1.54) is 36.5 Å². The zero-order valence-corrected chi connectivity index (χ0v) is 11.5. The monoisotopic (exact) mass is 266 g/mol. The minimum absolute atomic E-state index is 0.357. The van der Waals surface area contributed by atoms with E-state index in [-0.39, 0.29) is 5.97 Å². The zero-order chi connectivity index (χ0) is 14.6. The maximum absolute atomic E-state index is 10.2. The van der Waals surface area contributed by atoms with Crippen LogP contribution in [0.5, 0.6) is 0 Å². The summed E-state index contributed by atoms with van der Waals surface area (Å²) in [5.74, 6) is -0.357. The minimum Gasteiger partial charge on any atom is -0.466 e. The van der Waals surface area contributed by atoms with Gasteiger partial charge in [0.05, 0.1) is 7.11 Å². The van der Waals surface area contributed by atoms with Gasteiger partial charge in [0.1, 0.15) is 0 Å². The van der Waals surface area contributed by atoms with Crippen molar-refractivity contribution < 1.29 is 9.53 Å². The quantitative estimate of drug-likeness (QED) is 0.471. The van der Waals surface area contributed by atoms with Crippen molar-refractivity contribution in [3.8, 4) is 11.1 Å². The van der Waals surface area contributed by atoms with Gasteiger partial charge < -0.3 is 4.74 Å². The lowest BCUT2D eigenvalue weighted by Crippen LogP contribution is -1.92. The highest BCUT2D eigenvalue weighted by atomic mass is 16.5. The highest BCUT2D eigenvalue weighted by Crippen LogP contribution is 2.17. The molecule has 0 aliphatic heterocycles. The van der Waals surface area contributed by atoms with Gasteiger partial charge in [-0.25, -0.2) is 4.79 Å². The second-order valence-electron chi connectivity index (χ2n) is 3.85. The van der Waals surface area contributed by atoms with Gasteiger partial charge in [-0.2, -0.15) is 0 Å². The summed E-state index contributed by atoms with van der Waals surface area (Å²) < 4.78 is 4.28. The van der Waals surface area contributed by atoms with E-state index >= 15 is 0 Å². The van der Waals surface area contributed by atoms with E-state index < -0.39 is 0 Å². The Hall–Kier alpha value is -2.61. The minimum atomic E-state index is -0.357. The average molecular weight is 266 g/mol. The Morgan fingerprint density at radius 1 is 0.950 bits per heavy atom. The first-order valence-corrected chi connectivity index (χ1v) is 6.25. The fourth-order valence-corrected chi connectivity index (χ4v) is 1.48. The molecule has 0 aliphatic rings. The van der Waals surface area contributed by atoms with Crippen LogP contribution < -0.4 is 0 Å². The summed E-state index contributed by atoms with van der Waals surface area (Å²) in [5.41, 5.74) is 2.55. The van der Waals surface area contributed by atoms with E-state index in [4.69, 9.17) is 0 Å². The molecule has 0 spiro atoms. The lowest BCUT2D eigenvalue weighted by molar-refractivity contribution is -0.134. The van der Waals surface area contributed by atoms with E-state index in [0.29, 0.717) is 0 Å². The second kappa shape index (κ2) is 9.34. The standard InChI is InChI=1S/C12H10.C6H8O2/c1-3-7-11(8-4-1)12-9-5-2-6-10-12;1-3-4-5-6(7)8-2/h1-10H;3-5H,1H2,2H3. The van der Waals surface area contributed by atoms with Crippen molar-refractivity contribution in [1.82, 2.24) is 0 Å². The van der Waals surface area contributed by atoms with E-state index in [9.17, 15) is 4.79 Å². The Balaban J connectivity index is 0.000000221. The van der Waals surface area contributed by atoms with Gasteiger partial charge in [0.25, 0.3) is 0 Å². The van der Waals surface area contributed by atoms with Gasteiger partial charge in [0.2, 0.25) is 0 Å². The van der Waals surface area contributed by atoms with Crippen LogP contribution in [-0.4, -0.2) is 13.1 Å². The van der Waals surface area contributed by atoms with Crippen LogP contribution in [0.3, 0.4) is 0 Å². The summed E-state index contributed by atoms with van der Waals surface area (Å²) in [6.45, 7) is 3.37. The van der Waals surface area contributed by atoms with Gasteiger partial charge in [0.15, 0.2) is 0 Å². The fraction of sp³-hybridized carbons (Fsp3) is 0.0556. The predicted molar refractivity (Wildman–Crippen MR) is 83.2 cm³/mol. The van der Waals surface area contributed by atoms with Gasteiger partial charge in [-0.1, -0.05) is 79.4 Å². The van der Waals surface area contributed by atoms with Crippen molar-refractivity contribution in [2.45, 2.75) is 0 Å². The summed E-state index contributed by atoms with van der Waals surface area (Å²) in [6, 6.07) is 20.8. The van der Waals surface area contributed by atoms with Gasteiger partial charge in [-0.05, 0) is 11.1 Å². The molecule has 0 aromatic heterocycles. The van der Waals surface area contributed by atoms with Gasteiger partial charge in [-0.3, -0.25) is 0 Å². The summed E-state index contributed by atoms with van der Waals surface area (Å²) in [6.07, 6.45) is 4.33. The Bertz CT molecular complexity index is 505. The van der Waals surface area contributed by atoms with Gasteiger partial charge in [-0.15, -0.1) is 0 Å². The molecule has 0 saturated heterocycles. The summed E-state index contributed by atoms with van der Waals surface area (Å²) in [7, 11) is 1.33. The highest BCUT2D eigenvalue weighted by molar-refractivity contribution is 5.82. The molecule has 0 unspecified atom stereocenters. The maximum atomic E-state index is 10.2. The number of rotatable bonds is 3. The third-order valence-electron chi connectivity index (χ3n) is 2.45. The van der Waals surface area contributed by atoms with Crippen LogP contribution in [0.25, 0.3) is 11.1 Å². The molecule has 0 fully saturated rings. The lowest BCUT2D eigenvalue weighted by atomic mass is 10.1. The Morgan fingerprint density at radius 3 is 1.75 bits per heavy atom. The highest BCUT2D eigenvalue weighted by Gasteiger charge is 1.91. The van der Waals surface area contributed by atoms with Gasteiger partial charge >= 0.3 is 5.97 Å². The molecule has 0 aliphatic carbocycles. The number of hydrogen-bond acceptors (Lipinski definition) is 2. The lowest BCUT2D eigenvalue weighted by Gasteiger charge is -1.98.